The maximum absolute atomic E-state index is 9.11. The molecule has 0 aromatic carbocycles. The molecule has 0 rings (SSSR count). The molecule has 0 atom stereocenters. The van der Waals surface area contributed by atoms with Crippen molar-refractivity contribution in [1.82, 2.24) is 0 Å². The summed E-state index contributed by atoms with van der Waals surface area (Å²) >= 11 is 0. The Morgan fingerprint density at radius 2 is 1.67 bits per heavy atom. The molecule has 6 heavy (non-hydrogen) atoms. The maximum Gasteiger partial charge on any atom is 0.0770 e. The van der Waals surface area contributed by atoms with Crippen molar-refractivity contribution in [3.05, 3.63) is 6.92 Å². The molecule has 0 aromatic rings. The van der Waals surface area contributed by atoms with Crippen molar-refractivity contribution in [2.45, 2.75) is 7.43 Å². The van der Waals surface area contributed by atoms with E-state index in [9.17, 15) is 0 Å². The molecular weight excluding hydrogens is 157 g/mol. The van der Waals surface area contributed by atoms with Crippen molar-refractivity contribution in [2.24, 2.45) is 5.73 Å². The van der Waals surface area contributed by atoms with Crippen LogP contribution in [0.15, 0.2) is 0 Å². The van der Waals surface area contributed by atoms with E-state index in [0.717, 1.165) is 0 Å². The van der Waals surface area contributed by atoms with E-state index in [2.05, 4.69) is 12.7 Å². The number of carbonyl (C=O) groups is 1. The Hall–Kier alpha value is 0.223. The molecule has 2 N–H and O–H groups in total. The Kier molecular flexibility index (Phi) is 24.4. The predicted octanol–water partition coefficient (Wildman–Crippen LogP) is -0.0606. The molecule has 0 saturated carbocycles. The molecule has 0 aliphatic carbocycles. The summed E-state index contributed by atoms with van der Waals surface area (Å²) in [7, 11) is 0. The fourth-order valence-corrected chi connectivity index (χ4v) is 0. The van der Waals surface area contributed by atoms with Crippen LogP contribution in [0.4, 0.5) is 0 Å². The third-order valence-corrected chi connectivity index (χ3v) is 0. The van der Waals surface area contributed by atoms with E-state index in [1.165, 1.54) is 0 Å². The summed E-state index contributed by atoms with van der Waals surface area (Å²) in [5.41, 5.74) is 4.36. The molecule has 0 saturated heterocycles. The van der Waals surface area contributed by atoms with Crippen LogP contribution in [0.3, 0.4) is 0 Å². The topological polar surface area (TPSA) is 43.1 Å². The van der Waals surface area contributed by atoms with Gasteiger partial charge < -0.3 is 17.5 Å². The summed E-state index contributed by atoms with van der Waals surface area (Å²) in [6.07, 6.45) is 0. The summed E-state index contributed by atoms with van der Waals surface area (Å²) in [5.74, 6) is -0.583. The van der Waals surface area contributed by atoms with Crippen LogP contribution >= 0.6 is 0 Å². The van der Waals surface area contributed by atoms with E-state index in [-0.39, 0.29) is 33.6 Å². The fourth-order valence-electron chi connectivity index (χ4n) is 0. The molecule has 2 nitrogen and oxygen atoms in total. The first-order valence-electron chi connectivity index (χ1n) is 0.846. The average Bonchev–Trinajstić information content (AvgIpc) is 0.811. The quantitative estimate of drug-likeness (QED) is 0.502. The van der Waals surface area contributed by atoms with Gasteiger partial charge in [0.05, 0.1) is 5.91 Å². The zero-order valence-electron chi connectivity index (χ0n) is 2.69. The third kappa shape index (κ3) is 881. The average molecular weight is 165 g/mol. The van der Waals surface area contributed by atoms with Crippen LogP contribution in [-0.4, -0.2) is 5.91 Å². The van der Waals surface area contributed by atoms with Gasteiger partial charge in [-0.3, -0.25) is 0 Å². The van der Waals surface area contributed by atoms with E-state index in [4.69, 9.17) is 4.79 Å². The second-order valence-electron chi connectivity index (χ2n) is 0.466. The summed E-state index contributed by atoms with van der Waals surface area (Å²) in [6, 6.07) is 0. The fraction of sp³-hybridized carbons (Fsp3) is 0.333. The SMILES string of the molecule is C.[CH2-]C(N)=O.[Zr]. The van der Waals surface area contributed by atoms with Gasteiger partial charge in [0.15, 0.2) is 0 Å². The standard InChI is InChI=1S/C2H4NO.CH4.Zr/c1-2(3)4;;/h1H2,(H2,3,4);1H4;/q-1;;. The van der Waals surface area contributed by atoms with Gasteiger partial charge in [0.2, 0.25) is 0 Å². The molecule has 0 heterocycles. The minimum atomic E-state index is -0.583. The number of rotatable bonds is 0. The predicted molar refractivity (Wildman–Crippen MR) is 21.3 cm³/mol. The minimum Gasteiger partial charge on any atom is -0.395 e. The molecule has 0 radical (unpaired) electrons. The van der Waals surface area contributed by atoms with Gasteiger partial charge in [-0.1, -0.05) is 7.43 Å². The van der Waals surface area contributed by atoms with Gasteiger partial charge in [-0.2, -0.15) is 0 Å². The third-order valence-electron chi connectivity index (χ3n) is 0. The molecule has 0 unspecified atom stereocenters. The zero-order valence-corrected chi connectivity index (χ0v) is 5.15. The Labute approximate surface area is 57.2 Å². The van der Waals surface area contributed by atoms with E-state index in [0.29, 0.717) is 0 Å². The number of carbonyl (C=O) groups excluding carboxylic acids is 1. The molecule has 0 bridgehead atoms. The van der Waals surface area contributed by atoms with Crippen LogP contribution in [0.2, 0.25) is 0 Å². The Morgan fingerprint density at radius 1 is 1.67 bits per heavy atom. The number of nitrogens with two attached hydrogens (primary N) is 1. The van der Waals surface area contributed by atoms with Gasteiger partial charge in [-0.25, -0.2) is 0 Å². The number of hydrogen-bond donors (Lipinski definition) is 1. The Morgan fingerprint density at radius 3 is 1.67 bits per heavy atom. The molecule has 0 aromatic heterocycles. The van der Waals surface area contributed by atoms with E-state index in [1.54, 1.807) is 0 Å². The van der Waals surface area contributed by atoms with Crippen LogP contribution in [0.5, 0.6) is 0 Å². The summed E-state index contributed by atoms with van der Waals surface area (Å²) in [4.78, 5) is 9.11. The summed E-state index contributed by atoms with van der Waals surface area (Å²) < 4.78 is 0. The first kappa shape index (κ1) is 16.3. The summed E-state index contributed by atoms with van der Waals surface area (Å²) in [5, 5.41) is 0. The van der Waals surface area contributed by atoms with Gasteiger partial charge >= 0.3 is 0 Å². The molecule has 36 valence electrons. The first-order chi connectivity index (χ1) is 1.73. The van der Waals surface area contributed by atoms with Gasteiger partial charge in [0.1, 0.15) is 0 Å². The van der Waals surface area contributed by atoms with E-state index in [1.807, 2.05) is 0 Å². The van der Waals surface area contributed by atoms with Gasteiger partial charge in [-0.15, -0.1) is 0 Å². The zero-order chi connectivity index (χ0) is 3.58. The van der Waals surface area contributed by atoms with Crippen molar-refractivity contribution in [2.75, 3.05) is 0 Å². The normalized spacial score (nSPS) is 4.00. The molecule has 0 aliphatic rings. The van der Waals surface area contributed by atoms with Crippen molar-refractivity contribution in [1.29, 1.82) is 0 Å². The minimum absolute atomic E-state index is 0. The summed E-state index contributed by atoms with van der Waals surface area (Å²) in [6.45, 7) is 2.78. The molecule has 0 fully saturated rings. The number of primary amides is 1. The largest absolute Gasteiger partial charge is 0.395 e. The Bertz CT molecular complexity index is 33.8. The van der Waals surface area contributed by atoms with E-state index < -0.39 is 5.91 Å². The Balaban J connectivity index is -0.0000000450. The maximum atomic E-state index is 9.11. The second kappa shape index (κ2) is 8.97. The first-order valence-corrected chi connectivity index (χ1v) is 0.846. The monoisotopic (exact) mass is 164 g/mol. The van der Waals surface area contributed by atoms with Gasteiger partial charge in [-0.05, 0) is 0 Å². The molecule has 0 aliphatic heterocycles. The molecular formula is C3H8NOZr-. The number of hydrogen-bond acceptors (Lipinski definition) is 1. The van der Waals surface area contributed by atoms with Gasteiger partial charge in [0.25, 0.3) is 0 Å². The molecule has 3 heteroatoms. The van der Waals surface area contributed by atoms with Crippen LogP contribution in [0.25, 0.3) is 0 Å². The molecule has 1 amide bonds. The smallest absolute Gasteiger partial charge is 0.0770 e. The van der Waals surface area contributed by atoms with Crippen LogP contribution < -0.4 is 5.73 Å². The van der Waals surface area contributed by atoms with Crippen LogP contribution in [0.1, 0.15) is 7.43 Å². The number of amides is 1. The van der Waals surface area contributed by atoms with Crippen LogP contribution in [0, 0.1) is 6.92 Å². The van der Waals surface area contributed by atoms with E-state index >= 15 is 0 Å². The molecule has 0 spiro atoms. The van der Waals surface area contributed by atoms with Crippen molar-refractivity contribution >= 4 is 5.91 Å². The van der Waals surface area contributed by atoms with Crippen molar-refractivity contribution in [3.8, 4) is 0 Å². The van der Waals surface area contributed by atoms with Gasteiger partial charge in [0, 0.05) is 26.2 Å². The van der Waals surface area contributed by atoms with Crippen molar-refractivity contribution < 1.29 is 31.0 Å². The second-order valence-corrected chi connectivity index (χ2v) is 0.466. The van der Waals surface area contributed by atoms with Crippen LogP contribution in [-0.2, 0) is 31.0 Å². The van der Waals surface area contributed by atoms with Crippen molar-refractivity contribution in [3.63, 3.8) is 0 Å².